The number of rotatable bonds is 5. The molecule has 134 valence electrons. The lowest BCUT2D eigenvalue weighted by atomic mass is 9.96. The van der Waals surface area contributed by atoms with Crippen molar-refractivity contribution in [2.75, 3.05) is 26.7 Å². The number of aryl methyl sites for hydroxylation is 2. The van der Waals surface area contributed by atoms with Gasteiger partial charge < -0.3 is 15.5 Å². The molecule has 0 unspecified atom stereocenters. The van der Waals surface area contributed by atoms with E-state index in [9.17, 15) is 9.59 Å². The van der Waals surface area contributed by atoms with Crippen LogP contribution in [0.15, 0.2) is 6.07 Å². The van der Waals surface area contributed by atoms with Crippen LogP contribution in [-0.4, -0.2) is 53.3 Å². The number of hydrogen-bond acceptors (Lipinski definition) is 3. The molecule has 0 spiro atoms. The second-order valence-corrected chi connectivity index (χ2v) is 6.78. The SMILES string of the molecule is CNC(=O)C1CCN(C(=O)NC[C@H](C)Cn2nc(C)cc2C)CC1. The second kappa shape index (κ2) is 8.17. The van der Waals surface area contributed by atoms with E-state index >= 15 is 0 Å². The van der Waals surface area contributed by atoms with Crippen LogP contribution in [0.25, 0.3) is 0 Å². The van der Waals surface area contributed by atoms with E-state index in [-0.39, 0.29) is 17.9 Å². The van der Waals surface area contributed by atoms with Gasteiger partial charge in [-0.05, 0) is 38.7 Å². The Balaban J connectivity index is 1.73. The van der Waals surface area contributed by atoms with Gasteiger partial charge in [-0.1, -0.05) is 6.92 Å². The van der Waals surface area contributed by atoms with Crippen LogP contribution in [0.2, 0.25) is 0 Å². The van der Waals surface area contributed by atoms with E-state index in [1.807, 2.05) is 18.5 Å². The van der Waals surface area contributed by atoms with Crippen molar-refractivity contribution in [1.82, 2.24) is 25.3 Å². The van der Waals surface area contributed by atoms with Gasteiger partial charge in [-0.15, -0.1) is 0 Å². The number of carbonyl (C=O) groups excluding carboxylic acids is 2. The predicted molar refractivity (Wildman–Crippen MR) is 92.6 cm³/mol. The van der Waals surface area contributed by atoms with E-state index in [1.165, 1.54) is 0 Å². The largest absolute Gasteiger partial charge is 0.359 e. The van der Waals surface area contributed by atoms with Crippen LogP contribution in [0.3, 0.4) is 0 Å². The normalized spacial score (nSPS) is 16.8. The lowest BCUT2D eigenvalue weighted by Gasteiger charge is -2.31. The van der Waals surface area contributed by atoms with E-state index in [2.05, 4.69) is 28.7 Å². The summed E-state index contributed by atoms with van der Waals surface area (Å²) < 4.78 is 1.99. The van der Waals surface area contributed by atoms with Crippen LogP contribution < -0.4 is 10.6 Å². The van der Waals surface area contributed by atoms with E-state index in [0.29, 0.717) is 25.6 Å². The summed E-state index contributed by atoms with van der Waals surface area (Å²) in [5.74, 6) is 0.410. The molecule has 0 aliphatic carbocycles. The van der Waals surface area contributed by atoms with Crippen LogP contribution in [0.4, 0.5) is 4.79 Å². The zero-order valence-electron chi connectivity index (χ0n) is 15.1. The van der Waals surface area contributed by atoms with Crippen LogP contribution in [0, 0.1) is 25.7 Å². The first-order valence-corrected chi connectivity index (χ1v) is 8.66. The van der Waals surface area contributed by atoms with Crippen molar-refractivity contribution >= 4 is 11.9 Å². The lowest BCUT2D eigenvalue weighted by molar-refractivity contribution is -0.125. The highest BCUT2D eigenvalue weighted by molar-refractivity contribution is 5.79. The van der Waals surface area contributed by atoms with Crippen molar-refractivity contribution in [2.24, 2.45) is 11.8 Å². The summed E-state index contributed by atoms with van der Waals surface area (Å²) in [4.78, 5) is 25.7. The number of piperidine rings is 1. The van der Waals surface area contributed by atoms with Crippen molar-refractivity contribution < 1.29 is 9.59 Å². The molecule has 1 aliphatic heterocycles. The molecule has 1 fully saturated rings. The molecule has 2 heterocycles. The van der Waals surface area contributed by atoms with Crippen molar-refractivity contribution in [3.63, 3.8) is 0 Å². The molecule has 7 heteroatoms. The van der Waals surface area contributed by atoms with Gasteiger partial charge in [0.25, 0.3) is 0 Å². The zero-order chi connectivity index (χ0) is 17.7. The maximum Gasteiger partial charge on any atom is 0.317 e. The summed E-state index contributed by atoms with van der Waals surface area (Å²) in [6, 6.07) is 2.02. The standard InChI is InChI=1S/C17H29N5O2/c1-12(11-22-14(3)9-13(2)20-22)10-19-17(24)21-7-5-15(6-8-21)16(23)18-4/h9,12,15H,5-8,10-11H2,1-4H3,(H,18,23)(H,19,24)/t12-/m0/s1. The number of hydrogen-bond donors (Lipinski definition) is 2. The topological polar surface area (TPSA) is 79.3 Å². The van der Waals surface area contributed by atoms with E-state index in [4.69, 9.17) is 0 Å². The fourth-order valence-corrected chi connectivity index (χ4v) is 3.14. The molecule has 24 heavy (non-hydrogen) atoms. The molecule has 0 aromatic carbocycles. The minimum absolute atomic E-state index is 0.0315. The van der Waals surface area contributed by atoms with Gasteiger partial charge in [0.15, 0.2) is 0 Å². The number of aromatic nitrogens is 2. The van der Waals surface area contributed by atoms with E-state index < -0.39 is 0 Å². The molecule has 0 bridgehead atoms. The van der Waals surface area contributed by atoms with Crippen molar-refractivity contribution in [2.45, 2.75) is 40.2 Å². The van der Waals surface area contributed by atoms with Gasteiger partial charge in [-0.2, -0.15) is 5.10 Å². The van der Waals surface area contributed by atoms with E-state index in [1.54, 1.807) is 11.9 Å². The number of urea groups is 1. The third kappa shape index (κ3) is 4.72. The minimum atomic E-state index is -0.0365. The Labute approximate surface area is 143 Å². The molecule has 2 N–H and O–H groups in total. The smallest absolute Gasteiger partial charge is 0.317 e. The fraction of sp³-hybridized carbons (Fsp3) is 0.706. The first-order valence-electron chi connectivity index (χ1n) is 8.66. The molecule has 3 amide bonds. The maximum atomic E-state index is 12.3. The Morgan fingerprint density at radius 1 is 1.33 bits per heavy atom. The van der Waals surface area contributed by atoms with Crippen LogP contribution in [-0.2, 0) is 11.3 Å². The van der Waals surface area contributed by atoms with Gasteiger partial charge in [0, 0.05) is 44.8 Å². The molecule has 1 aromatic rings. The summed E-state index contributed by atoms with van der Waals surface area (Å²) in [6.45, 7) is 8.81. The van der Waals surface area contributed by atoms with Crippen LogP contribution >= 0.6 is 0 Å². The number of likely N-dealkylation sites (tertiary alicyclic amines) is 1. The Kier molecular flexibility index (Phi) is 6.23. The summed E-state index contributed by atoms with van der Waals surface area (Å²) in [7, 11) is 1.66. The molecule has 1 aromatic heterocycles. The van der Waals surface area contributed by atoms with Gasteiger partial charge in [-0.25, -0.2) is 4.79 Å². The maximum absolute atomic E-state index is 12.3. The second-order valence-electron chi connectivity index (χ2n) is 6.78. The number of nitrogens with zero attached hydrogens (tertiary/aromatic N) is 3. The van der Waals surface area contributed by atoms with E-state index in [0.717, 1.165) is 30.8 Å². The number of carbonyl (C=O) groups is 2. The Morgan fingerprint density at radius 3 is 2.54 bits per heavy atom. The Bertz CT molecular complexity index is 576. The van der Waals surface area contributed by atoms with Gasteiger partial charge in [0.1, 0.15) is 0 Å². The Morgan fingerprint density at radius 2 is 2.00 bits per heavy atom. The monoisotopic (exact) mass is 335 g/mol. The molecule has 1 atom stereocenters. The first kappa shape index (κ1) is 18.3. The third-order valence-electron chi connectivity index (χ3n) is 4.59. The predicted octanol–water partition coefficient (Wildman–Crippen LogP) is 1.30. The minimum Gasteiger partial charge on any atom is -0.359 e. The molecular formula is C17H29N5O2. The average molecular weight is 335 g/mol. The molecule has 0 radical (unpaired) electrons. The van der Waals surface area contributed by atoms with Crippen molar-refractivity contribution in [3.8, 4) is 0 Å². The summed E-state index contributed by atoms with van der Waals surface area (Å²) in [5.41, 5.74) is 2.16. The number of nitrogens with one attached hydrogen (secondary N) is 2. The quantitative estimate of drug-likeness (QED) is 0.851. The zero-order valence-corrected chi connectivity index (χ0v) is 15.1. The average Bonchev–Trinajstić information content (AvgIpc) is 2.89. The summed E-state index contributed by atoms with van der Waals surface area (Å²) >= 11 is 0. The van der Waals surface area contributed by atoms with Crippen molar-refractivity contribution in [3.05, 3.63) is 17.5 Å². The molecule has 2 rings (SSSR count). The highest BCUT2D eigenvalue weighted by atomic mass is 16.2. The highest BCUT2D eigenvalue weighted by Crippen LogP contribution is 2.17. The number of amides is 3. The lowest BCUT2D eigenvalue weighted by Crippen LogP contribution is -2.47. The highest BCUT2D eigenvalue weighted by Gasteiger charge is 2.26. The summed E-state index contributed by atoms with van der Waals surface area (Å²) in [6.07, 6.45) is 1.46. The van der Waals surface area contributed by atoms with Gasteiger partial charge in [0.05, 0.1) is 5.69 Å². The van der Waals surface area contributed by atoms with Crippen LogP contribution in [0.1, 0.15) is 31.2 Å². The van der Waals surface area contributed by atoms with Gasteiger partial charge >= 0.3 is 6.03 Å². The van der Waals surface area contributed by atoms with Gasteiger partial charge in [0.2, 0.25) is 5.91 Å². The molecule has 1 aliphatic rings. The summed E-state index contributed by atoms with van der Waals surface area (Å²) in [5, 5.41) is 10.1. The third-order valence-corrected chi connectivity index (χ3v) is 4.59. The van der Waals surface area contributed by atoms with Crippen LogP contribution in [0.5, 0.6) is 0 Å². The van der Waals surface area contributed by atoms with Gasteiger partial charge in [-0.3, -0.25) is 9.48 Å². The molecule has 1 saturated heterocycles. The first-order chi connectivity index (χ1) is 11.4. The Hall–Kier alpha value is -2.05. The fourth-order valence-electron chi connectivity index (χ4n) is 3.14. The van der Waals surface area contributed by atoms with Crippen molar-refractivity contribution in [1.29, 1.82) is 0 Å². The molecule has 7 nitrogen and oxygen atoms in total. The molecule has 0 saturated carbocycles. The molecular weight excluding hydrogens is 306 g/mol.